The van der Waals surface area contributed by atoms with E-state index in [1.54, 1.807) is 4.91 Å². The Morgan fingerprint density at radius 2 is 2.21 bits per heavy atom. The van der Waals surface area contributed by atoms with Gasteiger partial charge in [0.05, 0.1) is 0 Å². The van der Waals surface area contributed by atoms with Gasteiger partial charge in [0.25, 0.3) is 0 Å². The highest BCUT2D eigenvalue weighted by molar-refractivity contribution is 8.06. The largest absolute Gasteiger partial charge is 0.118 e. The molecule has 1 fully saturated rings. The molecule has 2 unspecified atom stereocenters. The van der Waals surface area contributed by atoms with Crippen LogP contribution in [-0.4, -0.2) is 0 Å². The van der Waals surface area contributed by atoms with Crippen molar-refractivity contribution in [2.45, 2.75) is 26.2 Å². The molecule has 0 saturated heterocycles. The van der Waals surface area contributed by atoms with Crippen LogP contribution >= 0.6 is 11.8 Å². The first-order chi connectivity index (χ1) is 6.76. The van der Waals surface area contributed by atoms with E-state index < -0.39 is 0 Å². The average molecular weight is 204 g/mol. The number of hydrogen-bond acceptors (Lipinski definition) is 1. The van der Waals surface area contributed by atoms with Gasteiger partial charge in [-0.25, -0.2) is 0 Å². The van der Waals surface area contributed by atoms with Crippen LogP contribution in [0, 0.1) is 11.8 Å². The van der Waals surface area contributed by atoms with Gasteiger partial charge in [-0.1, -0.05) is 31.0 Å². The molecule has 2 atom stereocenters. The Bertz CT molecular complexity index is 342. The fourth-order valence-electron chi connectivity index (χ4n) is 2.55. The Morgan fingerprint density at radius 3 is 2.86 bits per heavy atom. The van der Waals surface area contributed by atoms with Crippen molar-refractivity contribution in [1.29, 1.82) is 0 Å². The van der Waals surface area contributed by atoms with Gasteiger partial charge in [0.2, 0.25) is 0 Å². The lowest BCUT2D eigenvalue weighted by molar-refractivity contribution is 0.672. The molecule has 0 aromatic rings. The minimum absolute atomic E-state index is 0.803. The van der Waals surface area contributed by atoms with Crippen molar-refractivity contribution < 1.29 is 0 Å². The maximum atomic E-state index is 3.93. The third kappa shape index (κ3) is 1.51. The molecule has 0 radical (unpaired) electrons. The summed E-state index contributed by atoms with van der Waals surface area (Å²) in [5, 5.41) is 0. The standard InChI is InChI=1S/C13H16S/c1-4-9(3)14-13-11-7-6-10(8-11)12(13)5-2/h5,10-11H,1-2,6-8H2,3H3. The molecule has 1 saturated carbocycles. The third-order valence-electron chi connectivity index (χ3n) is 3.26. The lowest BCUT2D eigenvalue weighted by Crippen LogP contribution is -1.98. The zero-order valence-corrected chi connectivity index (χ0v) is 9.49. The Hall–Kier alpha value is -0.650. The number of hydrogen-bond donors (Lipinski definition) is 0. The molecule has 0 spiro atoms. The lowest BCUT2D eigenvalue weighted by atomic mass is 9.99. The summed E-state index contributed by atoms with van der Waals surface area (Å²) in [4.78, 5) is 2.73. The molecule has 2 rings (SSSR count). The highest BCUT2D eigenvalue weighted by Crippen LogP contribution is 2.53. The van der Waals surface area contributed by atoms with Crippen LogP contribution in [0.4, 0.5) is 0 Å². The summed E-state index contributed by atoms with van der Waals surface area (Å²) in [6.45, 7) is 9.69. The second kappa shape index (κ2) is 3.84. The first-order valence-electron chi connectivity index (χ1n) is 5.17. The molecule has 0 aromatic heterocycles. The van der Waals surface area contributed by atoms with Gasteiger partial charge in [0.1, 0.15) is 0 Å². The molecule has 2 aliphatic carbocycles. The predicted molar refractivity (Wildman–Crippen MR) is 64.0 cm³/mol. The SMILES string of the molecule is C=C=C(C)SC1=C(C=C)C2CCC1C2. The fourth-order valence-corrected chi connectivity index (χ4v) is 3.70. The Morgan fingerprint density at radius 1 is 1.50 bits per heavy atom. The van der Waals surface area contributed by atoms with Crippen LogP contribution in [0.2, 0.25) is 0 Å². The molecular formula is C13H16S. The topological polar surface area (TPSA) is 0 Å². The van der Waals surface area contributed by atoms with Gasteiger partial charge < -0.3 is 0 Å². The predicted octanol–water partition coefficient (Wildman–Crippen LogP) is 4.28. The maximum Gasteiger partial charge on any atom is 0.0275 e. The summed E-state index contributed by atoms with van der Waals surface area (Å²) in [5.41, 5.74) is 4.46. The van der Waals surface area contributed by atoms with Gasteiger partial charge in [0, 0.05) is 4.91 Å². The molecule has 1 heteroatoms. The molecule has 74 valence electrons. The number of fused-ring (bicyclic) bond motifs is 2. The van der Waals surface area contributed by atoms with Gasteiger partial charge in [-0.05, 0) is 48.5 Å². The van der Waals surface area contributed by atoms with E-state index in [1.165, 1.54) is 29.7 Å². The van der Waals surface area contributed by atoms with E-state index in [2.05, 4.69) is 31.9 Å². The van der Waals surface area contributed by atoms with E-state index in [1.807, 2.05) is 11.8 Å². The van der Waals surface area contributed by atoms with Crippen LogP contribution in [0.1, 0.15) is 26.2 Å². The quantitative estimate of drug-likeness (QED) is 0.618. The van der Waals surface area contributed by atoms with E-state index in [4.69, 9.17) is 0 Å². The van der Waals surface area contributed by atoms with Crippen molar-refractivity contribution in [2.24, 2.45) is 11.8 Å². The van der Waals surface area contributed by atoms with Crippen LogP contribution in [0.5, 0.6) is 0 Å². The van der Waals surface area contributed by atoms with Crippen LogP contribution in [0.3, 0.4) is 0 Å². The lowest BCUT2D eigenvalue weighted by Gasteiger charge is -2.16. The van der Waals surface area contributed by atoms with E-state index in [0.717, 1.165) is 11.8 Å². The van der Waals surface area contributed by atoms with E-state index in [0.29, 0.717) is 0 Å². The van der Waals surface area contributed by atoms with Crippen LogP contribution in [0.15, 0.2) is 40.3 Å². The third-order valence-corrected chi connectivity index (χ3v) is 4.50. The maximum absolute atomic E-state index is 3.93. The normalized spacial score (nSPS) is 29.2. The highest BCUT2D eigenvalue weighted by Gasteiger charge is 2.37. The summed E-state index contributed by atoms with van der Waals surface area (Å²) in [7, 11) is 0. The van der Waals surface area contributed by atoms with Crippen molar-refractivity contribution in [1.82, 2.24) is 0 Å². The van der Waals surface area contributed by atoms with Crippen LogP contribution < -0.4 is 0 Å². The first-order valence-corrected chi connectivity index (χ1v) is 5.99. The summed E-state index contributed by atoms with van der Waals surface area (Å²) >= 11 is 1.85. The Labute approximate surface area is 90.5 Å². The molecule has 0 heterocycles. The number of rotatable bonds is 3. The van der Waals surface area contributed by atoms with Crippen molar-refractivity contribution in [3.63, 3.8) is 0 Å². The zero-order valence-electron chi connectivity index (χ0n) is 8.68. The average Bonchev–Trinajstić information content (AvgIpc) is 2.77. The second-order valence-corrected chi connectivity index (χ2v) is 5.32. The van der Waals surface area contributed by atoms with Gasteiger partial charge in [0.15, 0.2) is 0 Å². The van der Waals surface area contributed by atoms with Crippen LogP contribution in [0.25, 0.3) is 0 Å². The van der Waals surface area contributed by atoms with E-state index in [9.17, 15) is 0 Å². The van der Waals surface area contributed by atoms with Gasteiger partial charge in [-0.2, -0.15) is 0 Å². The molecular weight excluding hydrogens is 188 g/mol. The van der Waals surface area contributed by atoms with E-state index in [-0.39, 0.29) is 0 Å². The smallest absolute Gasteiger partial charge is 0.0275 e. The van der Waals surface area contributed by atoms with Gasteiger partial charge in [-0.15, -0.1) is 5.73 Å². The zero-order chi connectivity index (χ0) is 10.1. The van der Waals surface area contributed by atoms with Crippen LogP contribution in [-0.2, 0) is 0 Å². The first kappa shape index (κ1) is 9.89. The highest BCUT2D eigenvalue weighted by atomic mass is 32.2. The van der Waals surface area contributed by atoms with E-state index >= 15 is 0 Å². The monoisotopic (exact) mass is 204 g/mol. The molecule has 0 nitrogen and oxygen atoms in total. The Kier molecular flexibility index (Phi) is 2.71. The van der Waals surface area contributed by atoms with Crippen molar-refractivity contribution in [3.8, 4) is 0 Å². The molecule has 0 N–H and O–H groups in total. The molecule has 2 aliphatic rings. The molecule has 0 aliphatic heterocycles. The van der Waals surface area contributed by atoms with Crippen molar-refractivity contribution in [2.75, 3.05) is 0 Å². The van der Waals surface area contributed by atoms with Crippen molar-refractivity contribution in [3.05, 3.63) is 40.3 Å². The summed E-state index contributed by atoms with van der Waals surface area (Å²) in [6, 6.07) is 0. The fraction of sp³-hybridized carbons (Fsp3) is 0.462. The number of thioether (sulfide) groups is 1. The Balaban J connectivity index is 2.27. The molecule has 0 amide bonds. The second-order valence-electron chi connectivity index (χ2n) is 4.07. The minimum atomic E-state index is 0.803. The van der Waals surface area contributed by atoms with Gasteiger partial charge in [-0.3, -0.25) is 0 Å². The van der Waals surface area contributed by atoms with Crippen molar-refractivity contribution >= 4 is 11.8 Å². The van der Waals surface area contributed by atoms with Gasteiger partial charge >= 0.3 is 0 Å². The summed E-state index contributed by atoms with van der Waals surface area (Å²) in [5.74, 6) is 1.61. The number of allylic oxidation sites excluding steroid dienone is 4. The summed E-state index contributed by atoms with van der Waals surface area (Å²) < 4.78 is 0. The minimum Gasteiger partial charge on any atom is -0.118 e. The molecule has 2 bridgehead atoms. The summed E-state index contributed by atoms with van der Waals surface area (Å²) in [6.07, 6.45) is 6.15. The molecule has 14 heavy (non-hydrogen) atoms. The molecule has 0 aromatic carbocycles.